The van der Waals surface area contributed by atoms with Gasteiger partial charge in [0.15, 0.2) is 5.58 Å². The average Bonchev–Trinajstić information content (AvgIpc) is 3.84. The summed E-state index contributed by atoms with van der Waals surface area (Å²) < 4.78 is 7.18. The van der Waals surface area contributed by atoms with Crippen LogP contribution in [0.25, 0.3) is 87.6 Å². The molecule has 0 bridgehead atoms. The molecule has 4 nitrogen and oxygen atoms in total. The van der Waals surface area contributed by atoms with Crippen LogP contribution in [-0.4, -0.2) is 5.11 Å². The summed E-state index contributed by atoms with van der Waals surface area (Å²) in [6.45, 7) is 8.71. The van der Waals surface area contributed by atoms with Crippen LogP contribution in [0.4, 0.5) is 34.1 Å². The molecule has 0 aliphatic rings. The summed E-state index contributed by atoms with van der Waals surface area (Å²) >= 11 is 0. The highest BCUT2D eigenvalue weighted by molar-refractivity contribution is 6.28. The summed E-state index contributed by atoms with van der Waals surface area (Å²) in [6.07, 6.45) is 1.79. The molecule has 0 aliphatic carbocycles. The van der Waals surface area contributed by atoms with Crippen LogP contribution in [-0.2, 0) is 12.8 Å². The molecule has 0 amide bonds. The van der Waals surface area contributed by atoms with Gasteiger partial charge in [0.25, 0.3) is 0 Å². The van der Waals surface area contributed by atoms with Gasteiger partial charge in [0.2, 0.25) is 0 Å². The van der Waals surface area contributed by atoms with E-state index in [1.54, 1.807) is 0 Å². The van der Waals surface area contributed by atoms with E-state index in [1.165, 1.54) is 44.2 Å². The smallest absolute Gasteiger partial charge is 0.159 e. The molecule has 356 valence electrons. The highest BCUT2D eigenvalue weighted by atomic mass is 16.3. The number of benzene rings is 12. The summed E-state index contributed by atoms with van der Waals surface area (Å²) in [6, 6.07) is 80.5. The van der Waals surface area contributed by atoms with Crippen molar-refractivity contribution in [2.75, 3.05) is 9.80 Å². The topological polar surface area (TPSA) is 39.9 Å². The Balaban J connectivity index is 1.03. The van der Waals surface area contributed by atoms with Crippen molar-refractivity contribution in [3.05, 3.63) is 247 Å². The molecule has 1 heterocycles. The predicted octanol–water partition coefficient (Wildman–Crippen LogP) is 19.9. The van der Waals surface area contributed by atoms with Crippen molar-refractivity contribution in [1.82, 2.24) is 0 Å². The quantitative estimate of drug-likeness (QED) is 0.131. The van der Waals surface area contributed by atoms with Gasteiger partial charge in [-0.15, -0.1) is 0 Å². The lowest BCUT2D eigenvalue weighted by Crippen LogP contribution is -2.12. The van der Waals surface area contributed by atoms with Crippen molar-refractivity contribution < 1.29 is 9.52 Å². The van der Waals surface area contributed by atoms with E-state index in [0.29, 0.717) is 5.69 Å². The van der Waals surface area contributed by atoms with Crippen LogP contribution in [0.15, 0.2) is 229 Å². The van der Waals surface area contributed by atoms with Gasteiger partial charge in [-0.3, -0.25) is 0 Å². The fourth-order valence-corrected chi connectivity index (χ4v) is 11.6. The second kappa shape index (κ2) is 18.2. The zero-order valence-corrected chi connectivity index (χ0v) is 42.0. The predicted molar refractivity (Wildman–Crippen MR) is 313 cm³/mol. The Morgan fingerprint density at radius 1 is 0.365 bits per heavy atom. The second-order valence-electron chi connectivity index (χ2n) is 19.6. The van der Waals surface area contributed by atoms with Crippen molar-refractivity contribution >= 4 is 88.4 Å². The number of hydrogen-bond donors (Lipinski definition) is 1. The van der Waals surface area contributed by atoms with Gasteiger partial charge in [-0.05, 0) is 147 Å². The number of phenols is 1. The Kier molecular flexibility index (Phi) is 11.0. The highest BCUT2D eigenvalue weighted by Crippen LogP contribution is 2.52. The number of fused-ring (bicyclic) bond motifs is 3. The molecule has 4 heteroatoms. The minimum absolute atomic E-state index is 0.222. The molecule has 0 aliphatic heterocycles. The fraction of sp³-hybridized carbons (Fsp3) is 0.0857. The molecule has 0 saturated heterocycles. The lowest BCUT2D eigenvalue weighted by molar-refractivity contribution is 0.478. The van der Waals surface area contributed by atoms with Gasteiger partial charge in [-0.1, -0.05) is 184 Å². The molecule has 1 N–H and O–H groups in total. The number of rotatable bonds is 11. The van der Waals surface area contributed by atoms with Crippen molar-refractivity contribution in [2.24, 2.45) is 0 Å². The van der Waals surface area contributed by atoms with Gasteiger partial charge >= 0.3 is 0 Å². The number of para-hydroxylation sites is 3. The fourth-order valence-electron chi connectivity index (χ4n) is 11.6. The highest BCUT2D eigenvalue weighted by Gasteiger charge is 2.26. The molecule has 74 heavy (non-hydrogen) atoms. The number of phenolic OH excluding ortho intramolecular Hbond substituents is 1. The molecule has 0 fully saturated rings. The van der Waals surface area contributed by atoms with Gasteiger partial charge in [0.05, 0.1) is 22.7 Å². The van der Waals surface area contributed by atoms with Gasteiger partial charge in [0.1, 0.15) is 11.3 Å². The number of hydrogen-bond acceptors (Lipinski definition) is 4. The lowest BCUT2D eigenvalue weighted by atomic mass is 9.91. The maximum atomic E-state index is 12.7. The van der Waals surface area contributed by atoms with E-state index in [-0.39, 0.29) is 5.75 Å². The number of furan rings is 1. The maximum Gasteiger partial charge on any atom is 0.159 e. The Bertz CT molecular complexity index is 4300. The van der Waals surface area contributed by atoms with Crippen LogP contribution in [0.5, 0.6) is 5.75 Å². The first kappa shape index (κ1) is 44.8. The normalized spacial score (nSPS) is 11.7. The monoisotopic (exact) mass is 954 g/mol. The Hall–Kier alpha value is -9.12. The third-order valence-corrected chi connectivity index (χ3v) is 15.3. The maximum absolute atomic E-state index is 12.7. The Labute approximate surface area is 432 Å². The summed E-state index contributed by atoms with van der Waals surface area (Å²) in [5.74, 6) is 0.222. The Morgan fingerprint density at radius 2 is 0.838 bits per heavy atom. The first-order chi connectivity index (χ1) is 36.4. The van der Waals surface area contributed by atoms with E-state index in [9.17, 15) is 5.11 Å². The molecule has 0 radical (unpaired) electrons. The number of nitrogens with zero attached hydrogens (tertiary/aromatic N) is 2. The van der Waals surface area contributed by atoms with Crippen LogP contribution in [0.2, 0.25) is 0 Å². The average molecular weight is 955 g/mol. The molecule has 1 aromatic heterocycles. The first-order valence-electron chi connectivity index (χ1n) is 25.8. The minimum atomic E-state index is 0.222. The molecule has 13 aromatic rings. The minimum Gasteiger partial charge on any atom is -0.505 e. The van der Waals surface area contributed by atoms with Gasteiger partial charge < -0.3 is 19.3 Å². The Morgan fingerprint density at radius 3 is 1.46 bits per heavy atom. The molecule has 13 rings (SSSR count). The summed E-state index contributed by atoms with van der Waals surface area (Å²) in [7, 11) is 0. The zero-order chi connectivity index (χ0) is 50.0. The van der Waals surface area contributed by atoms with Gasteiger partial charge in [-0.25, -0.2) is 0 Å². The standard InChI is InChI=1S/C70H54N2O2/c1-5-46-19-11-23-52(41-46)71(64-31-15-27-56(68(64)73)51-22-13-21-50(43-51)54-25-9-7-17-44(54)3)62-39-35-48-34-38-61-63(40-36-49-33-37-60(62)66(48)67(49)61)72(53-24-12-20-47(6-2)42-53)65-32-16-30-59-58-29-14-28-57(69(58)74-70(59)65)55-26-10-8-18-45(55)4/h7-43,73H,5-6H2,1-4H3. The van der Waals surface area contributed by atoms with Crippen LogP contribution in [0.1, 0.15) is 36.1 Å². The molecule has 0 saturated carbocycles. The molecule has 0 unspecified atom stereocenters. The molecular weight excluding hydrogens is 901 g/mol. The van der Waals surface area contributed by atoms with Crippen molar-refractivity contribution in [2.45, 2.75) is 40.5 Å². The van der Waals surface area contributed by atoms with E-state index >= 15 is 0 Å². The van der Waals surface area contributed by atoms with E-state index in [1.807, 2.05) is 12.1 Å². The molecule has 0 atom stereocenters. The number of aryl methyl sites for hydroxylation is 4. The van der Waals surface area contributed by atoms with Crippen LogP contribution in [0, 0.1) is 13.8 Å². The summed E-state index contributed by atoms with van der Waals surface area (Å²) in [5.41, 5.74) is 18.6. The lowest BCUT2D eigenvalue weighted by Gasteiger charge is -2.30. The number of aromatic hydroxyl groups is 1. The van der Waals surface area contributed by atoms with Crippen molar-refractivity contribution in [3.63, 3.8) is 0 Å². The molecular formula is C70H54N2O2. The van der Waals surface area contributed by atoms with Crippen LogP contribution in [0.3, 0.4) is 0 Å². The first-order valence-corrected chi connectivity index (χ1v) is 25.8. The largest absolute Gasteiger partial charge is 0.505 e. The van der Waals surface area contributed by atoms with E-state index < -0.39 is 0 Å². The summed E-state index contributed by atoms with van der Waals surface area (Å²) in [4.78, 5) is 4.66. The van der Waals surface area contributed by atoms with Crippen molar-refractivity contribution in [1.29, 1.82) is 0 Å². The van der Waals surface area contributed by atoms with E-state index in [2.05, 4.69) is 250 Å². The van der Waals surface area contributed by atoms with Crippen molar-refractivity contribution in [3.8, 4) is 39.1 Å². The molecule has 0 spiro atoms. The van der Waals surface area contributed by atoms with E-state index in [0.717, 1.165) is 107 Å². The third kappa shape index (κ3) is 7.36. The van der Waals surface area contributed by atoms with Gasteiger partial charge in [-0.2, -0.15) is 0 Å². The number of anilines is 6. The SMILES string of the molecule is CCc1cccc(N(c2cccc(-c3cccc(-c4ccccc4C)c3)c2O)c2ccc3ccc4c(N(c5cccc(CC)c5)c5cccc6c5oc5c(-c7ccccc7C)cccc56)ccc5ccc2c3c54)c1. The van der Waals surface area contributed by atoms with E-state index in [4.69, 9.17) is 4.42 Å². The van der Waals surface area contributed by atoms with Crippen LogP contribution < -0.4 is 9.80 Å². The van der Waals surface area contributed by atoms with Gasteiger partial charge in [0, 0.05) is 44.0 Å². The zero-order valence-electron chi connectivity index (χ0n) is 42.0. The molecule has 12 aromatic carbocycles. The van der Waals surface area contributed by atoms with Crippen LogP contribution >= 0.6 is 0 Å². The second-order valence-corrected chi connectivity index (χ2v) is 19.6. The summed E-state index contributed by atoms with van der Waals surface area (Å²) in [5, 5.41) is 21.8. The third-order valence-electron chi connectivity index (χ3n) is 15.3.